The van der Waals surface area contributed by atoms with E-state index in [9.17, 15) is 4.79 Å². The van der Waals surface area contributed by atoms with Gasteiger partial charge in [-0.05, 0) is 75.5 Å². The van der Waals surface area contributed by atoms with Crippen molar-refractivity contribution in [3.63, 3.8) is 0 Å². The third kappa shape index (κ3) is 4.66. The molecule has 0 unspecified atom stereocenters. The maximum atomic E-state index is 12.7. The van der Waals surface area contributed by atoms with E-state index in [-0.39, 0.29) is 11.8 Å². The van der Waals surface area contributed by atoms with Gasteiger partial charge in [0.2, 0.25) is 5.91 Å². The Morgan fingerprint density at radius 3 is 2.23 bits per heavy atom. The lowest BCUT2D eigenvalue weighted by Gasteiger charge is -2.31. The van der Waals surface area contributed by atoms with Gasteiger partial charge in [0.1, 0.15) is 0 Å². The monoisotopic (exact) mass is 370 g/mol. The highest BCUT2D eigenvalue weighted by Gasteiger charge is 2.25. The maximum Gasteiger partial charge on any atom is 0.227 e. The highest BCUT2D eigenvalue weighted by atomic mass is 35.5. The van der Waals surface area contributed by atoms with Crippen molar-refractivity contribution in [3.05, 3.63) is 63.7 Å². The number of piperidine rings is 1. The molecule has 2 aromatic rings. The molecule has 0 bridgehead atoms. The van der Waals surface area contributed by atoms with Crippen molar-refractivity contribution in [1.29, 1.82) is 0 Å². The van der Waals surface area contributed by atoms with Gasteiger partial charge in [0.05, 0.1) is 0 Å². The number of nitrogens with one attached hydrogen (secondary N) is 1. The number of rotatable bonds is 4. The first-order valence-corrected chi connectivity index (χ1v) is 9.65. The van der Waals surface area contributed by atoms with E-state index in [0.717, 1.165) is 54.3 Å². The lowest BCUT2D eigenvalue weighted by atomic mass is 9.95. The number of benzene rings is 2. The Labute approximate surface area is 161 Å². The van der Waals surface area contributed by atoms with Crippen molar-refractivity contribution in [1.82, 2.24) is 4.90 Å². The second-order valence-corrected chi connectivity index (χ2v) is 7.88. The first-order valence-electron chi connectivity index (χ1n) is 9.28. The van der Waals surface area contributed by atoms with E-state index in [2.05, 4.69) is 55.3 Å². The van der Waals surface area contributed by atoms with Gasteiger partial charge in [0.15, 0.2) is 0 Å². The molecule has 0 spiro atoms. The molecule has 0 saturated carbocycles. The average molecular weight is 371 g/mol. The normalized spacial score (nSPS) is 15.8. The zero-order chi connectivity index (χ0) is 18.7. The minimum Gasteiger partial charge on any atom is -0.325 e. The minimum atomic E-state index is 0.0940. The van der Waals surface area contributed by atoms with Gasteiger partial charge in [-0.25, -0.2) is 0 Å². The zero-order valence-electron chi connectivity index (χ0n) is 15.8. The fraction of sp³-hybridized carbons (Fsp3) is 0.409. The first kappa shape index (κ1) is 18.9. The molecular formula is C22H27ClN2O. The number of nitrogens with zero attached hydrogens (tertiary/aromatic N) is 1. The van der Waals surface area contributed by atoms with Gasteiger partial charge in [-0.2, -0.15) is 0 Å². The molecule has 1 N–H and O–H groups in total. The molecule has 26 heavy (non-hydrogen) atoms. The molecule has 1 saturated heterocycles. The molecule has 3 nitrogen and oxygen atoms in total. The molecule has 0 aromatic heterocycles. The van der Waals surface area contributed by atoms with Gasteiger partial charge in [0.25, 0.3) is 0 Å². The molecule has 138 valence electrons. The second kappa shape index (κ2) is 8.24. The van der Waals surface area contributed by atoms with Crippen LogP contribution in [0.25, 0.3) is 0 Å². The fourth-order valence-electron chi connectivity index (χ4n) is 3.80. The van der Waals surface area contributed by atoms with E-state index in [4.69, 9.17) is 11.6 Å². The van der Waals surface area contributed by atoms with Crippen LogP contribution >= 0.6 is 11.6 Å². The molecule has 1 fully saturated rings. The molecule has 4 heteroatoms. The molecule has 3 rings (SSSR count). The SMILES string of the molecule is Cc1cc(C)c(NC(=O)C2CCN(Cc3ccc(Cl)cc3)CC2)c(C)c1. The van der Waals surface area contributed by atoms with E-state index in [0.29, 0.717) is 0 Å². The van der Waals surface area contributed by atoms with E-state index in [1.165, 1.54) is 11.1 Å². The summed E-state index contributed by atoms with van der Waals surface area (Å²) in [5.74, 6) is 0.253. The summed E-state index contributed by atoms with van der Waals surface area (Å²) in [6.07, 6.45) is 1.81. The Kier molecular flexibility index (Phi) is 6.00. The number of amides is 1. The van der Waals surface area contributed by atoms with Crippen molar-refractivity contribution in [2.75, 3.05) is 18.4 Å². The number of likely N-dealkylation sites (tertiary alicyclic amines) is 1. The molecule has 1 heterocycles. The van der Waals surface area contributed by atoms with Crippen LogP contribution in [0.15, 0.2) is 36.4 Å². The second-order valence-electron chi connectivity index (χ2n) is 7.44. The summed E-state index contributed by atoms with van der Waals surface area (Å²) in [5, 5.41) is 3.94. The molecular weight excluding hydrogens is 344 g/mol. The highest BCUT2D eigenvalue weighted by Crippen LogP contribution is 2.25. The first-order chi connectivity index (χ1) is 12.4. The summed E-state index contributed by atoms with van der Waals surface area (Å²) < 4.78 is 0. The van der Waals surface area contributed by atoms with Crippen LogP contribution < -0.4 is 5.32 Å². The smallest absolute Gasteiger partial charge is 0.227 e. The molecule has 0 radical (unpaired) electrons. The van der Waals surface area contributed by atoms with Gasteiger partial charge >= 0.3 is 0 Å². The fourth-order valence-corrected chi connectivity index (χ4v) is 3.93. The van der Waals surface area contributed by atoms with Gasteiger partial charge in [-0.15, -0.1) is 0 Å². The van der Waals surface area contributed by atoms with Crippen LogP contribution in [0.1, 0.15) is 35.1 Å². The minimum absolute atomic E-state index is 0.0940. The third-order valence-electron chi connectivity index (χ3n) is 5.20. The highest BCUT2D eigenvalue weighted by molar-refractivity contribution is 6.30. The van der Waals surface area contributed by atoms with Crippen molar-refractivity contribution in [2.45, 2.75) is 40.2 Å². The third-order valence-corrected chi connectivity index (χ3v) is 5.46. The summed E-state index contributed by atoms with van der Waals surface area (Å²) in [6.45, 7) is 9.03. The van der Waals surface area contributed by atoms with Crippen LogP contribution in [-0.2, 0) is 11.3 Å². The van der Waals surface area contributed by atoms with E-state index in [1.807, 2.05) is 12.1 Å². The Morgan fingerprint density at radius 1 is 1.08 bits per heavy atom. The summed E-state index contributed by atoms with van der Waals surface area (Å²) in [4.78, 5) is 15.1. The van der Waals surface area contributed by atoms with Gasteiger partial charge in [-0.1, -0.05) is 41.4 Å². The van der Waals surface area contributed by atoms with Crippen LogP contribution in [-0.4, -0.2) is 23.9 Å². The molecule has 0 aliphatic carbocycles. The van der Waals surface area contributed by atoms with E-state index in [1.54, 1.807) is 0 Å². The van der Waals surface area contributed by atoms with Gasteiger partial charge in [0, 0.05) is 23.2 Å². The Morgan fingerprint density at radius 2 is 1.65 bits per heavy atom. The van der Waals surface area contributed by atoms with Crippen molar-refractivity contribution < 1.29 is 4.79 Å². The van der Waals surface area contributed by atoms with Crippen molar-refractivity contribution >= 4 is 23.2 Å². The average Bonchev–Trinajstić information content (AvgIpc) is 2.60. The summed E-state index contributed by atoms with van der Waals surface area (Å²) >= 11 is 5.95. The van der Waals surface area contributed by atoms with E-state index < -0.39 is 0 Å². The number of halogens is 1. The Bertz CT molecular complexity index is 754. The number of hydrogen-bond donors (Lipinski definition) is 1. The number of aryl methyl sites for hydroxylation is 3. The molecule has 1 aliphatic rings. The van der Waals surface area contributed by atoms with Gasteiger partial charge in [-0.3, -0.25) is 9.69 Å². The molecule has 2 aromatic carbocycles. The Balaban J connectivity index is 1.54. The molecule has 0 atom stereocenters. The number of hydrogen-bond acceptors (Lipinski definition) is 2. The summed E-state index contributed by atoms with van der Waals surface area (Å²) in [7, 11) is 0. The number of carbonyl (C=O) groups excluding carboxylic acids is 1. The number of carbonyl (C=O) groups is 1. The zero-order valence-corrected chi connectivity index (χ0v) is 16.6. The van der Waals surface area contributed by atoms with E-state index >= 15 is 0 Å². The summed E-state index contributed by atoms with van der Waals surface area (Å²) in [5.41, 5.74) is 5.74. The van der Waals surface area contributed by atoms with Crippen LogP contribution in [0.2, 0.25) is 5.02 Å². The van der Waals surface area contributed by atoms with Gasteiger partial charge < -0.3 is 5.32 Å². The summed E-state index contributed by atoms with van der Waals surface area (Å²) in [6, 6.07) is 12.3. The lowest BCUT2D eigenvalue weighted by Crippen LogP contribution is -2.37. The lowest BCUT2D eigenvalue weighted by molar-refractivity contribution is -0.121. The van der Waals surface area contributed by atoms with Crippen LogP contribution in [0.3, 0.4) is 0 Å². The van der Waals surface area contributed by atoms with Crippen molar-refractivity contribution in [2.24, 2.45) is 5.92 Å². The topological polar surface area (TPSA) is 32.3 Å². The quantitative estimate of drug-likeness (QED) is 0.810. The standard InChI is InChI=1S/C22H27ClN2O/c1-15-12-16(2)21(17(3)13-15)24-22(26)19-8-10-25(11-9-19)14-18-4-6-20(23)7-5-18/h4-7,12-13,19H,8-11,14H2,1-3H3,(H,24,26). The largest absolute Gasteiger partial charge is 0.325 e. The van der Waals surface area contributed by atoms with Crippen LogP contribution in [0, 0.1) is 26.7 Å². The maximum absolute atomic E-state index is 12.7. The number of anilines is 1. The predicted octanol–water partition coefficient (Wildman–Crippen LogP) is 5.12. The Hall–Kier alpha value is -1.84. The molecule has 1 amide bonds. The predicted molar refractivity (Wildman–Crippen MR) is 109 cm³/mol. The van der Waals surface area contributed by atoms with Crippen LogP contribution in [0.5, 0.6) is 0 Å². The van der Waals surface area contributed by atoms with Crippen LogP contribution in [0.4, 0.5) is 5.69 Å². The van der Waals surface area contributed by atoms with Crippen molar-refractivity contribution in [3.8, 4) is 0 Å². The molecule has 1 aliphatic heterocycles.